The third-order valence-corrected chi connectivity index (χ3v) is 6.06. The van der Waals surface area contributed by atoms with E-state index in [-0.39, 0.29) is 30.7 Å². The molecule has 3 amide bonds. The minimum absolute atomic E-state index is 0.0732. The lowest BCUT2D eigenvalue weighted by molar-refractivity contribution is -0.141. The molecule has 1 aromatic carbocycles. The molecular weight excluding hydrogens is 404 g/mol. The van der Waals surface area contributed by atoms with Crippen molar-refractivity contribution < 1.29 is 19.5 Å². The van der Waals surface area contributed by atoms with Gasteiger partial charge in [0.15, 0.2) is 0 Å². The molecule has 9 heteroatoms. The molecule has 2 heterocycles. The predicted octanol–water partition coefficient (Wildman–Crippen LogP) is 1.22. The summed E-state index contributed by atoms with van der Waals surface area (Å²) < 4.78 is 0. The summed E-state index contributed by atoms with van der Waals surface area (Å²) in [5.74, 6) is -1.03. The first-order valence-electron chi connectivity index (χ1n) is 9.79. The molecule has 0 unspecified atom stereocenters. The zero-order chi connectivity index (χ0) is 21.8. The maximum atomic E-state index is 12.7. The Labute approximate surface area is 179 Å². The summed E-state index contributed by atoms with van der Waals surface area (Å²) in [5.41, 5.74) is 4.80. The van der Waals surface area contributed by atoms with E-state index < -0.39 is 18.2 Å². The number of aryl methyl sites for hydroxylation is 1. The number of carbonyl (C=O) groups excluding carboxylic acids is 3. The Morgan fingerprint density at radius 3 is 2.60 bits per heavy atom. The third kappa shape index (κ3) is 5.03. The van der Waals surface area contributed by atoms with Gasteiger partial charge in [0.1, 0.15) is 12.1 Å². The number of aliphatic hydroxyl groups is 1. The zero-order valence-electron chi connectivity index (χ0n) is 17.2. The number of nitrogens with one attached hydrogen (secondary N) is 2. The topological polar surface area (TPSA) is 112 Å². The quantitative estimate of drug-likeness (QED) is 0.638. The second kappa shape index (κ2) is 9.36. The molecule has 1 saturated heterocycles. The van der Waals surface area contributed by atoms with Crippen LogP contribution in [0.3, 0.4) is 0 Å². The summed E-state index contributed by atoms with van der Waals surface area (Å²) in [4.78, 5) is 43.3. The summed E-state index contributed by atoms with van der Waals surface area (Å²) in [5, 5.41) is 15.4. The average Bonchev–Trinajstić information content (AvgIpc) is 3.31. The molecule has 3 rings (SSSR count). The minimum atomic E-state index is -0.767. The lowest BCUT2D eigenvalue weighted by Gasteiger charge is -2.26. The third-order valence-electron chi connectivity index (χ3n) is 5.08. The second-order valence-corrected chi connectivity index (χ2v) is 8.35. The van der Waals surface area contributed by atoms with Gasteiger partial charge in [0.25, 0.3) is 0 Å². The van der Waals surface area contributed by atoms with Crippen molar-refractivity contribution in [2.75, 3.05) is 6.54 Å². The normalized spacial score (nSPS) is 19.4. The maximum absolute atomic E-state index is 12.7. The van der Waals surface area contributed by atoms with E-state index in [1.165, 1.54) is 11.8 Å². The van der Waals surface area contributed by atoms with E-state index in [2.05, 4.69) is 15.6 Å². The summed E-state index contributed by atoms with van der Waals surface area (Å²) in [7, 11) is 0. The number of aromatic nitrogens is 1. The second-order valence-electron chi connectivity index (χ2n) is 7.50. The molecule has 1 aliphatic rings. The standard InChI is InChI=1S/C21H26N4O4S/c1-12-19(30-11-23-12)16-6-4-15(5-7-16)9-22-20(28)18-8-17(27)10-25(18)21(29)13(2)24-14(3)26/h4-7,11,13,17-18,27H,8-10H2,1-3H3,(H,22,28)(H,24,26)/t13-,17-,18+/m1/s1. The smallest absolute Gasteiger partial charge is 0.245 e. The number of hydrogen-bond donors (Lipinski definition) is 3. The molecule has 0 saturated carbocycles. The van der Waals surface area contributed by atoms with Gasteiger partial charge in [-0.2, -0.15) is 0 Å². The van der Waals surface area contributed by atoms with Crippen molar-refractivity contribution in [1.29, 1.82) is 0 Å². The molecule has 1 fully saturated rings. The van der Waals surface area contributed by atoms with E-state index in [0.717, 1.165) is 21.7 Å². The fourth-order valence-electron chi connectivity index (χ4n) is 3.58. The van der Waals surface area contributed by atoms with Crippen LogP contribution in [-0.4, -0.2) is 57.4 Å². The lowest BCUT2D eigenvalue weighted by atomic mass is 10.1. The van der Waals surface area contributed by atoms with Gasteiger partial charge >= 0.3 is 0 Å². The van der Waals surface area contributed by atoms with Gasteiger partial charge in [-0.15, -0.1) is 11.3 Å². The molecule has 0 radical (unpaired) electrons. The fraction of sp³-hybridized carbons (Fsp3) is 0.429. The van der Waals surface area contributed by atoms with Crippen molar-refractivity contribution in [2.24, 2.45) is 0 Å². The van der Waals surface area contributed by atoms with Gasteiger partial charge in [0, 0.05) is 26.4 Å². The molecule has 1 aliphatic heterocycles. The average molecular weight is 431 g/mol. The van der Waals surface area contributed by atoms with Crippen LogP contribution in [0.15, 0.2) is 29.8 Å². The largest absolute Gasteiger partial charge is 0.391 e. The van der Waals surface area contributed by atoms with Gasteiger partial charge in [-0.3, -0.25) is 14.4 Å². The highest BCUT2D eigenvalue weighted by Crippen LogP contribution is 2.27. The Hall–Kier alpha value is -2.78. The zero-order valence-corrected chi connectivity index (χ0v) is 18.0. The van der Waals surface area contributed by atoms with E-state index in [9.17, 15) is 19.5 Å². The van der Waals surface area contributed by atoms with Gasteiger partial charge in [-0.1, -0.05) is 24.3 Å². The molecule has 30 heavy (non-hydrogen) atoms. The van der Waals surface area contributed by atoms with Crippen LogP contribution in [0, 0.1) is 6.92 Å². The van der Waals surface area contributed by atoms with Crippen LogP contribution in [0.2, 0.25) is 0 Å². The van der Waals surface area contributed by atoms with Gasteiger partial charge in [0.2, 0.25) is 17.7 Å². The van der Waals surface area contributed by atoms with E-state index >= 15 is 0 Å². The predicted molar refractivity (Wildman–Crippen MR) is 114 cm³/mol. The molecule has 1 aromatic heterocycles. The Morgan fingerprint density at radius 1 is 1.30 bits per heavy atom. The van der Waals surface area contributed by atoms with Crippen molar-refractivity contribution in [2.45, 2.75) is 51.9 Å². The lowest BCUT2D eigenvalue weighted by Crippen LogP contribution is -2.52. The SMILES string of the molecule is CC(=O)N[C@H](C)C(=O)N1C[C@H](O)C[C@H]1C(=O)NCc1ccc(-c2scnc2C)cc1. The molecule has 0 bridgehead atoms. The molecule has 8 nitrogen and oxygen atoms in total. The summed E-state index contributed by atoms with van der Waals surface area (Å²) >= 11 is 1.58. The molecule has 0 spiro atoms. The number of benzene rings is 1. The highest BCUT2D eigenvalue weighted by Gasteiger charge is 2.40. The number of aliphatic hydroxyl groups excluding tert-OH is 1. The van der Waals surface area contributed by atoms with Crippen LogP contribution in [0.1, 0.15) is 31.5 Å². The number of thiazole rings is 1. The first-order chi connectivity index (χ1) is 14.3. The Kier molecular flexibility index (Phi) is 6.84. The summed E-state index contributed by atoms with van der Waals surface area (Å²) in [6.07, 6.45) is -0.593. The molecule has 3 atom stereocenters. The Morgan fingerprint density at radius 2 is 2.00 bits per heavy atom. The molecule has 160 valence electrons. The van der Waals surface area contributed by atoms with Crippen molar-refractivity contribution in [3.8, 4) is 10.4 Å². The number of hydrogen-bond acceptors (Lipinski definition) is 6. The molecule has 0 aliphatic carbocycles. The van der Waals surface area contributed by atoms with E-state index in [4.69, 9.17) is 0 Å². The fourth-order valence-corrected chi connectivity index (χ4v) is 4.39. The van der Waals surface area contributed by atoms with Crippen molar-refractivity contribution in [1.82, 2.24) is 20.5 Å². The maximum Gasteiger partial charge on any atom is 0.245 e. The number of nitrogens with zero attached hydrogens (tertiary/aromatic N) is 2. The van der Waals surface area contributed by atoms with Gasteiger partial charge in [-0.05, 0) is 25.0 Å². The van der Waals surface area contributed by atoms with Crippen LogP contribution in [0.25, 0.3) is 10.4 Å². The number of likely N-dealkylation sites (tertiary alicyclic amines) is 1. The summed E-state index contributed by atoms with van der Waals surface area (Å²) in [6.45, 7) is 5.25. The van der Waals surface area contributed by atoms with Crippen molar-refractivity contribution in [3.05, 3.63) is 41.0 Å². The first-order valence-corrected chi connectivity index (χ1v) is 10.7. The monoisotopic (exact) mass is 430 g/mol. The van der Waals surface area contributed by atoms with Crippen LogP contribution >= 0.6 is 11.3 Å². The van der Waals surface area contributed by atoms with Crippen LogP contribution in [-0.2, 0) is 20.9 Å². The molecular formula is C21H26N4O4S. The highest BCUT2D eigenvalue weighted by molar-refractivity contribution is 7.13. The van der Waals surface area contributed by atoms with Gasteiger partial charge < -0.3 is 20.6 Å². The minimum Gasteiger partial charge on any atom is -0.391 e. The van der Waals surface area contributed by atoms with Crippen molar-refractivity contribution in [3.63, 3.8) is 0 Å². The van der Waals surface area contributed by atoms with Crippen LogP contribution < -0.4 is 10.6 Å². The van der Waals surface area contributed by atoms with E-state index in [0.29, 0.717) is 6.54 Å². The summed E-state index contributed by atoms with van der Waals surface area (Å²) in [6, 6.07) is 6.35. The number of rotatable bonds is 6. The first kappa shape index (κ1) is 21.9. The van der Waals surface area contributed by atoms with Crippen molar-refractivity contribution >= 4 is 29.1 Å². The number of amides is 3. The highest BCUT2D eigenvalue weighted by atomic mass is 32.1. The molecule has 2 aromatic rings. The van der Waals surface area contributed by atoms with Crippen LogP contribution in [0.5, 0.6) is 0 Å². The molecule has 3 N–H and O–H groups in total. The Bertz CT molecular complexity index is 927. The van der Waals surface area contributed by atoms with Gasteiger partial charge in [0.05, 0.1) is 22.2 Å². The Balaban J connectivity index is 1.61. The van der Waals surface area contributed by atoms with Gasteiger partial charge in [-0.25, -0.2) is 4.98 Å². The van der Waals surface area contributed by atoms with Crippen LogP contribution in [0.4, 0.5) is 0 Å². The number of β-amino-alcohol motifs (C(OH)–C–C–N with tert-alkyl or cyclic N) is 1. The van der Waals surface area contributed by atoms with E-state index in [1.54, 1.807) is 18.3 Å². The number of carbonyl (C=O) groups is 3. The van der Waals surface area contributed by atoms with E-state index in [1.807, 2.05) is 36.7 Å².